The molecule has 0 fully saturated rings. The van der Waals surface area contributed by atoms with Crippen LogP contribution in [0.2, 0.25) is 0 Å². The first-order valence-corrected chi connectivity index (χ1v) is 2.38. The van der Waals surface area contributed by atoms with Crippen molar-refractivity contribution < 1.29 is 0 Å². The van der Waals surface area contributed by atoms with E-state index in [-0.39, 0.29) is 0 Å². The van der Waals surface area contributed by atoms with Crippen molar-refractivity contribution in [1.29, 1.82) is 0 Å². The largest absolute Gasteiger partial charge is 0.379 e. The van der Waals surface area contributed by atoms with Gasteiger partial charge in [0, 0.05) is 13.2 Å². The molecule has 0 radical (unpaired) electrons. The molecule has 2 nitrogen and oxygen atoms in total. The summed E-state index contributed by atoms with van der Waals surface area (Å²) in [7, 11) is 1.80. The molecule has 0 aliphatic rings. The summed E-state index contributed by atoms with van der Waals surface area (Å²) in [5.41, 5.74) is 0. The fourth-order valence-corrected chi connectivity index (χ4v) is 0.228. The maximum absolute atomic E-state index is 3.79. The molecule has 1 N–H and O–H groups in total. The molecule has 0 aliphatic carbocycles. The van der Waals surface area contributed by atoms with E-state index >= 15 is 0 Å². The van der Waals surface area contributed by atoms with Gasteiger partial charge in [-0.3, -0.25) is 0 Å². The summed E-state index contributed by atoms with van der Waals surface area (Å²) in [6, 6.07) is 0. The summed E-state index contributed by atoms with van der Waals surface area (Å²) in [6.07, 6.45) is 6.68. The minimum absolute atomic E-state index is 1.60. The van der Waals surface area contributed by atoms with Gasteiger partial charge in [-0.2, -0.15) is 0 Å². The molecule has 0 saturated heterocycles. The molecule has 0 bridgehead atoms. The lowest BCUT2D eigenvalue weighted by Crippen LogP contribution is -1.98. The molecule has 0 heterocycles. The SMILES string of the molecule is C=C/C=C\N=C/NC. The molecule has 0 unspecified atom stereocenters. The number of rotatable bonds is 3. The van der Waals surface area contributed by atoms with Crippen molar-refractivity contribution in [3.63, 3.8) is 0 Å². The zero-order chi connectivity index (χ0) is 6.24. The maximum Gasteiger partial charge on any atom is 0.0876 e. The van der Waals surface area contributed by atoms with Crippen molar-refractivity contribution >= 4 is 6.34 Å². The summed E-state index contributed by atoms with van der Waals surface area (Å²) >= 11 is 0. The third kappa shape index (κ3) is 4.95. The van der Waals surface area contributed by atoms with Crippen LogP contribution in [-0.2, 0) is 0 Å². The summed E-state index contributed by atoms with van der Waals surface area (Å²) in [5, 5.41) is 2.75. The van der Waals surface area contributed by atoms with Gasteiger partial charge in [-0.05, 0) is 6.08 Å². The maximum atomic E-state index is 3.79. The van der Waals surface area contributed by atoms with Gasteiger partial charge in [0.2, 0.25) is 0 Å². The van der Waals surface area contributed by atoms with E-state index in [1.807, 2.05) is 0 Å². The van der Waals surface area contributed by atoms with Gasteiger partial charge in [-0.15, -0.1) is 0 Å². The van der Waals surface area contributed by atoms with E-state index in [1.165, 1.54) is 0 Å². The fraction of sp³-hybridized carbons (Fsp3) is 0.167. The number of hydrogen-bond acceptors (Lipinski definition) is 1. The van der Waals surface area contributed by atoms with Crippen LogP contribution in [0.25, 0.3) is 0 Å². The van der Waals surface area contributed by atoms with Crippen molar-refractivity contribution in [2.45, 2.75) is 0 Å². The molecule has 0 rings (SSSR count). The normalized spacial score (nSPS) is 10.6. The Kier molecular flexibility index (Phi) is 5.17. The number of nitrogens with zero attached hydrogens (tertiary/aromatic N) is 1. The topological polar surface area (TPSA) is 24.4 Å². The van der Waals surface area contributed by atoms with Crippen molar-refractivity contribution in [2.24, 2.45) is 4.99 Å². The highest BCUT2D eigenvalue weighted by Gasteiger charge is 1.56. The molecule has 2 heteroatoms. The van der Waals surface area contributed by atoms with Crippen molar-refractivity contribution in [3.05, 3.63) is 24.9 Å². The first kappa shape index (κ1) is 6.95. The van der Waals surface area contributed by atoms with Crippen LogP contribution < -0.4 is 5.32 Å². The Morgan fingerprint density at radius 3 is 2.88 bits per heavy atom. The summed E-state index contributed by atoms with van der Waals surface area (Å²) in [5.74, 6) is 0. The quantitative estimate of drug-likeness (QED) is 0.326. The molecule has 0 aromatic heterocycles. The van der Waals surface area contributed by atoms with Crippen LogP contribution in [0.3, 0.4) is 0 Å². The molecular formula is C6H10N2. The molecule has 8 heavy (non-hydrogen) atoms. The molecule has 0 atom stereocenters. The third-order valence-corrected chi connectivity index (χ3v) is 0.512. The lowest BCUT2D eigenvalue weighted by atomic mass is 10.6. The van der Waals surface area contributed by atoms with E-state index < -0.39 is 0 Å². The summed E-state index contributed by atoms with van der Waals surface area (Å²) in [4.78, 5) is 3.79. The van der Waals surface area contributed by atoms with Crippen LogP contribution in [0.4, 0.5) is 0 Å². The van der Waals surface area contributed by atoms with Crippen LogP contribution in [0.15, 0.2) is 29.9 Å². The van der Waals surface area contributed by atoms with Gasteiger partial charge < -0.3 is 5.32 Å². The summed E-state index contributed by atoms with van der Waals surface area (Å²) < 4.78 is 0. The van der Waals surface area contributed by atoms with Crippen LogP contribution in [-0.4, -0.2) is 13.4 Å². The lowest BCUT2D eigenvalue weighted by molar-refractivity contribution is 1.21. The highest BCUT2D eigenvalue weighted by Crippen LogP contribution is 1.70. The van der Waals surface area contributed by atoms with Crippen molar-refractivity contribution in [2.75, 3.05) is 7.05 Å². The van der Waals surface area contributed by atoms with Gasteiger partial charge in [-0.1, -0.05) is 12.7 Å². The minimum Gasteiger partial charge on any atom is -0.379 e. The molecule has 0 spiro atoms. The van der Waals surface area contributed by atoms with Crippen molar-refractivity contribution in [1.82, 2.24) is 5.32 Å². The summed E-state index contributed by atoms with van der Waals surface area (Å²) in [6.45, 7) is 3.48. The second-order valence-electron chi connectivity index (χ2n) is 1.14. The average Bonchev–Trinajstić information content (AvgIpc) is 1.81. The first-order chi connectivity index (χ1) is 3.91. The number of hydrogen-bond donors (Lipinski definition) is 1. The van der Waals surface area contributed by atoms with Gasteiger partial charge >= 0.3 is 0 Å². The number of allylic oxidation sites excluding steroid dienone is 2. The molecule has 0 amide bonds. The monoisotopic (exact) mass is 110 g/mol. The second kappa shape index (κ2) is 5.95. The molecule has 0 aliphatic heterocycles. The molecule has 0 aromatic rings. The molecular weight excluding hydrogens is 100 g/mol. The van der Waals surface area contributed by atoms with Gasteiger partial charge in [0.1, 0.15) is 0 Å². The van der Waals surface area contributed by atoms with Crippen LogP contribution in [0.1, 0.15) is 0 Å². The first-order valence-electron chi connectivity index (χ1n) is 2.38. The second-order valence-corrected chi connectivity index (χ2v) is 1.14. The molecule has 0 saturated carbocycles. The Morgan fingerprint density at radius 1 is 1.62 bits per heavy atom. The van der Waals surface area contributed by atoms with E-state index in [1.54, 1.807) is 31.7 Å². The predicted octanol–water partition coefficient (Wildman–Crippen LogP) is 0.934. The van der Waals surface area contributed by atoms with Crippen LogP contribution in [0.5, 0.6) is 0 Å². The van der Waals surface area contributed by atoms with Crippen LogP contribution in [0, 0.1) is 0 Å². The van der Waals surface area contributed by atoms with Gasteiger partial charge in [0.15, 0.2) is 0 Å². The standard InChI is InChI=1S/C6H10N2/c1-3-4-5-8-6-7-2/h3-6H,1H2,2H3,(H,7,8)/b5-4-. The third-order valence-electron chi connectivity index (χ3n) is 0.512. The van der Waals surface area contributed by atoms with E-state index in [0.717, 1.165) is 0 Å². The van der Waals surface area contributed by atoms with E-state index in [2.05, 4.69) is 16.9 Å². The van der Waals surface area contributed by atoms with Crippen molar-refractivity contribution in [3.8, 4) is 0 Å². The Hall–Kier alpha value is -1.05. The highest BCUT2D eigenvalue weighted by molar-refractivity contribution is 5.54. The molecule has 0 aromatic carbocycles. The Balaban J connectivity index is 3.26. The predicted molar refractivity (Wildman–Crippen MR) is 36.9 cm³/mol. The smallest absolute Gasteiger partial charge is 0.0876 e. The number of aliphatic imine (C=N–C) groups is 1. The number of nitrogens with one attached hydrogen (secondary N) is 1. The lowest BCUT2D eigenvalue weighted by Gasteiger charge is -1.77. The minimum atomic E-state index is 1.60. The van der Waals surface area contributed by atoms with E-state index in [4.69, 9.17) is 0 Å². The fourth-order valence-electron chi connectivity index (χ4n) is 0.228. The van der Waals surface area contributed by atoms with Crippen LogP contribution >= 0.6 is 0 Å². The Morgan fingerprint density at radius 2 is 2.38 bits per heavy atom. The van der Waals surface area contributed by atoms with E-state index in [0.29, 0.717) is 0 Å². The molecule has 44 valence electrons. The van der Waals surface area contributed by atoms with Gasteiger partial charge in [-0.25, -0.2) is 4.99 Å². The van der Waals surface area contributed by atoms with E-state index in [9.17, 15) is 0 Å². The Labute approximate surface area is 49.6 Å². The van der Waals surface area contributed by atoms with Gasteiger partial charge in [0.25, 0.3) is 0 Å². The zero-order valence-corrected chi connectivity index (χ0v) is 4.96. The zero-order valence-electron chi connectivity index (χ0n) is 4.96. The Bertz CT molecular complexity index is 103. The average molecular weight is 110 g/mol. The van der Waals surface area contributed by atoms with Gasteiger partial charge in [0.05, 0.1) is 6.34 Å². The highest BCUT2D eigenvalue weighted by atomic mass is 14.9.